The van der Waals surface area contributed by atoms with E-state index < -0.39 is 17.4 Å². The van der Waals surface area contributed by atoms with Gasteiger partial charge < -0.3 is 24.0 Å². The quantitative estimate of drug-likeness (QED) is 0.287. The summed E-state index contributed by atoms with van der Waals surface area (Å²) >= 11 is 0. The van der Waals surface area contributed by atoms with Crippen LogP contribution in [-0.4, -0.2) is 59.4 Å². The highest BCUT2D eigenvalue weighted by Crippen LogP contribution is 2.39. The van der Waals surface area contributed by atoms with Crippen molar-refractivity contribution in [2.45, 2.75) is 31.9 Å². The largest absolute Gasteiger partial charge is 0.511 e. The van der Waals surface area contributed by atoms with Crippen molar-refractivity contribution in [2.24, 2.45) is 0 Å². The molecule has 0 atom stereocenters. The maximum absolute atomic E-state index is 15.2. The zero-order valence-electron chi connectivity index (χ0n) is 20.7. The lowest BCUT2D eigenvalue weighted by atomic mass is 10.1. The van der Waals surface area contributed by atoms with Crippen molar-refractivity contribution in [2.75, 3.05) is 37.6 Å². The monoisotopic (exact) mass is 637 g/mol. The Morgan fingerprint density at radius 3 is 2.42 bits per heavy atom. The molecule has 1 aromatic heterocycles. The second-order valence-electron chi connectivity index (χ2n) is 9.37. The number of aromatic nitrogens is 1. The Balaban J connectivity index is 0.00000336. The van der Waals surface area contributed by atoms with Crippen LogP contribution in [0.3, 0.4) is 0 Å². The predicted molar refractivity (Wildman–Crippen MR) is 150 cm³/mol. The molecular weight excluding hydrogens is 608 g/mol. The van der Waals surface area contributed by atoms with E-state index in [-0.39, 0.29) is 60.2 Å². The van der Waals surface area contributed by atoms with E-state index in [1.54, 1.807) is 6.07 Å². The SMILES string of the molecule is I.O=C(O)Oc1cn(C2CC2)c2cc(N3CCN(CCC(=O)OCc4ccccc4)CC3)c(F)cc2c1=O. The lowest BCUT2D eigenvalue weighted by molar-refractivity contribution is -0.145. The molecule has 9 nitrogen and oxygen atoms in total. The van der Waals surface area contributed by atoms with Crippen molar-refractivity contribution in [3.05, 3.63) is 70.3 Å². The van der Waals surface area contributed by atoms with Crippen LogP contribution in [0, 0.1) is 5.82 Å². The maximum atomic E-state index is 15.2. The van der Waals surface area contributed by atoms with E-state index in [1.807, 2.05) is 39.8 Å². The summed E-state index contributed by atoms with van der Waals surface area (Å²) in [5.41, 5.74) is 1.25. The molecule has 0 amide bonds. The minimum absolute atomic E-state index is 0. The highest BCUT2D eigenvalue weighted by Gasteiger charge is 2.28. The summed E-state index contributed by atoms with van der Waals surface area (Å²) in [7, 11) is 0. The first-order valence-corrected chi connectivity index (χ1v) is 12.3. The third-order valence-corrected chi connectivity index (χ3v) is 6.79. The molecule has 1 N–H and O–H groups in total. The van der Waals surface area contributed by atoms with E-state index >= 15 is 4.39 Å². The summed E-state index contributed by atoms with van der Waals surface area (Å²) in [6.07, 6.45) is 1.89. The number of halogens is 2. The first-order chi connectivity index (χ1) is 17.9. The average molecular weight is 637 g/mol. The van der Waals surface area contributed by atoms with Gasteiger partial charge in [0.1, 0.15) is 12.4 Å². The number of hydrogen-bond acceptors (Lipinski definition) is 7. The lowest BCUT2D eigenvalue weighted by Gasteiger charge is -2.36. The molecule has 2 aromatic carbocycles. The van der Waals surface area contributed by atoms with Gasteiger partial charge in [0.25, 0.3) is 0 Å². The molecule has 1 saturated carbocycles. The van der Waals surface area contributed by atoms with Gasteiger partial charge in [0.15, 0.2) is 5.75 Å². The Morgan fingerprint density at radius 1 is 1.05 bits per heavy atom. The molecule has 2 heterocycles. The van der Waals surface area contributed by atoms with E-state index in [1.165, 1.54) is 12.3 Å². The van der Waals surface area contributed by atoms with Crippen molar-refractivity contribution in [1.82, 2.24) is 9.47 Å². The zero-order valence-corrected chi connectivity index (χ0v) is 23.0. The van der Waals surface area contributed by atoms with Crippen LogP contribution in [0.2, 0.25) is 0 Å². The van der Waals surface area contributed by atoms with Crippen LogP contribution in [0.4, 0.5) is 14.9 Å². The molecule has 1 aliphatic carbocycles. The molecule has 38 heavy (non-hydrogen) atoms. The zero-order chi connectivity index (χ0) is 25.9. The molecule has 2 aliphatic rings. The van der Waals surface area contributed by atoms with Crippen molar-refractivity contribution >= 4 is 52.7 Å². The minimum Gasteiger partial charge on any atom is -0.461 e. The lowest BCUT2D eigenvalue weighted by Crippen LogP contribution is -2.47. The third-order valence-electron chi connectivity index (χ3n) is 6.79. The number of benzene rings is 2. The summed E-state index contributed by atoms with van der Waals surface area (Å²) in [6, 6.07) is 12.5. The van der Waals surface area contributed by atoms with Crippen LogP contribution in [0.25, 0.3) is 10.9 Å². The summed E-state index contributed by atoms with van der Waals surface area (Å²) < 4.78 is 27.0. The Kier molecular flexibility index (Phi) is 8.87. The minimum atomic E-state index is -1.58. The summed E-state index contributed by atoms with van der Waals surface area (Å²) in [5.74, 6) is -1.12. The molecule has 0 bridgehead atoms. The fourth-order valence-electron chi connectivity index (χ4n) is 4.67. The number of ether oxygens (including phenoxy) is 2. The molecule has 2 fully saturated rings. The van der Waals surface area contributed by atoms with Gasteiger partial charge >= 0.3 is 12.1 Å². The number of pyridine rings is 1. The summed E-state index contributed by atoms with van der Waals surface area (Å²) in [6.45, 7) is 3.26. The van der Waals surface area contributed by atoms with Crippen LogP contribution < -0.4 is 15.1 Å². The number of carboxylic acid groups (broad SMARTS) is 1. The van der Waals surface area contributed by atoms with Gasteiger partial charge in [0.05, 0.1) is 29.2 Å². The molecule has 5 rings (SSSR count). The van der Waals surface area contributed by atoms with E-state index in [4.69, 9.17) is 9.84 Å². The number of hydrogen-bond donors (Lipinski definition) is 1. The van der Waals surface area contributed by atoms with E-state index in [0.29, 0.717) is 43.9 Å². The standard InChI is InChI=1S/C27H28FN3O6.HI/c28-21-14-20-22(31(19-6-7-19)16-24(26(20)33)37-27(34)35)15-23(21)30-12-10-29(11-13-30)9-8-25(32)36-17-18-4-2-1-3-5-18;/h1-5,14-16,19H,6-13,17H2,(H,34,35);1H. The Hall–Kier alpha value is -3.19. The molecule has 1 aliphatic heterocycles. The fourth-order valence-corrected chi connectivity index (χ4v) is 4.67. The van der Waals surface area contributed by atoms with E-state index in [2.05, 4.69) is 9.64 Å². The van der Waals surface area contributed by atoms with Crippen molar-refractivity contribution in [3.63, 3.8) is 0 Å². The normalized spacial score (nSPS) is 15.7. The van der Waals surface area contributed by atoms with Gasteiger partial charge in [-0.1, -0.05) is 30.3 Å². The molecule has 11 heteroatoms. The van der Waals surface area contributed by atoms with Crippen molar-refractivity contribution < 1.29 is 28.6 Å². The van der Waals surface area contributed by atoms with Crippen LogP contribution in [0.1, 0.15) is 30.9 Å². The molecule has 202 valence electrons. The van der Waals surface area contributed by atoms with Crippen molar-refractivity contribution in [3.8, 4) is 5.75 Å². The molecule has 0 spiro atoms. The molecule has 1 saturated heterocycles. The summed E-state index contributed by atoms with van der Waals surface area (Å²) in [5, 5.41) is 9.06. The number of esters is 1. The van der Waals surface area contributed by atoms with Gasteiger partial charge in [0, 0.05) is 38.8 Å². The molecule has 0 radical (unpaired) electrons. The van der Waals surface area contributed by atoms with Gasteiger partial charge in [-0.3, -0.25) is 14.5 Å². The molecule has 0 unspecified atom stereocenters. The first-order valence-electron chi connectivity index (χ1n) is 12.3. The number of anilines is 1. The molecular formula is C27H29FIN3O6. The van der Waals surface area contributed by atoms with Gasteiger partial charge in [-0.15, -0.1) is 24.0 Å². The van der Waals surface area contributed by atoms with Gasteiger partial charge in [-0.05, 0) is 30.5 Å². The van der Waals surface area contributed by atoms with Gasteiger partial charge in [-0.2, -0.15) is 0 Å². The fraction of sp³-hybridized carbons (Fsp3) is 0.370. The average Bonchev–Trinajstić information content (AvgIpc) is 3.74. The number of fused-ring (bicyclic) bond motifs is 1. The number of nitrogens with zero attached hydrogens (tertiary/aromatic N) is 3. The third kappa shape index (κ3) is 6.44. The van der Waals surface area contributed by atoms with Crippen LogP contribution in [0.15, 0.2) is 53.5 Å². The van der Waals surface area contributed by atoms with Crippen LogP contribution >= 0.6 is 24.0 Å². The van der Waals surface area contributed by atoms with Gasteiger partial charge in [-0.25, -0.2) is 9.18 Å². The number of carbonyl (C=O) groups excluding carboxylic acids is 1. The van der Waals surface area contributed by atoms with Crippen LogP contribution in [0.5, 0.6) is 5.75 Å². The number of piperazine rings is 1. The predicted octanol–water partition coefficient (Wildman–Crippen LogP) is 4.41. The highest BCUT2D eigenvalue weighted by atomic mass is 127. The topological polar surface area (TPSA) is 101 Å². The summed E-state index contributed by atoms with van der Waals surface area (Å²) in [4.78, 5) is 40.0. The van der Waals surface area contributed by atoms with Gasteiger partial charge in [0.2, 0.25) is 5.43 Å². The van der Waals surface area contributed by atoms with E-state index in [0.717, 1.165) is 18.4 Å². The number of rotatable bonds is 8. The highest BCUT2D eigenvalue weighted by molar-refractivity contribution is 14.0. The Labute approximate surface area is 235 Å². The Morgan fingerprint density at radius 2 is 1.76 bits per heavy atom. The smallest absolute Gasteiger partial charge is 0.461 e. The number of carbonyl (C=O) groups is 2. The first kappa shape index (κ1) is 27.8. The van der Waals surface area contributed by atoms with Crippen LogP contribution in [-0.2, 0) is 16.1 Å². The molecule has 3 aromatic rings. The second kappa shape index (κ2) is 12.1. The van der Waals surface area contributed by atoms with Crippen molar-refractivity contribution in [1.29, 1.82) is 0 Å². The van der Waals surface area contributed by atoms with E-state index in [9.17, 15) is 14.4 Å². The maximum Gasteiger partial charge on any atom is 0.511 e. The second-order valence-corrected chi connectivity index (χ2v) is 9.37. The Bertz CT molecular complexity index is 1370.